The van der Waals surface area contributed by atoms with Crippen molar-refractivity contribution in [3.8, 4) is 0 Å². The predicted octanol–water partition coefficient (Wildman–Crippen LogP) is 4.08. The highest BCUT2D eigenvalue weighted by molar-refractivity contribution is 7.71. The van der Waals surface area contributed by atoms with Crippen molar-refractivity contribution in [2.24, 2.45) is 0 Å². The Labute approximate surface area is 180 Å². The average Bonchev–Trinajstić information content (AvgIpc) is 3.11. The Morgan fingerprint density at radius 1 is 0.900 bits per heavy atom. The fraction of sp³-hybridized carbons (Fsp3) is 0.364. The number of nitrogens with zero attached hydrogens (tertiary/aromatic N) is 5. The first-order valence-corrected chi connectivity index (χ1v) is 10.6. The SMILES string of the molecule is CCn1cnn(CN2CCN(C(c3ccc(F)cc3)c3ccc(F)cc3)CC2)c1=S. The molecule has 30 heavy (non-hydrogen) atoms. The van der Waals surface area contributed by atoms with Crippen LogP contribution in [-0.2, 0) is 13.2 Å². The molecule has 2 aromatic carbocycles. The molecule has 0 radical (unpaired) electrons. The van der Waals surface area contributed by atoms with Crippen LogP contribution in [0.5, 0.6) is 0 Å². The van der Waals surface area contributed by atoms with Gasteiger partial charge in [-0.2, -0.15) is 5.10 Å². The molecule has 5 nitrogen and oxygen atoms in total. The molecular weight excluding hydrogens is 404 g/mol. The molecule has 2 heterocycles. The van der Waals surface area contributed by atoms with Gasteiger partial charge in [0.15, 0.2) is 4.77 Å². The minimum Gasteiger partial charge on any atom is -0.307 e. The van der Waals surface area contributed by atoms with E-state index in [4.69, 9.17) is 12.2 Å². The molecule has 0 spiro atoms. The molecule has 1 saturated heterocycles. The van der Waals surface area contributed by atoms with E-state index in [2.05, 4.69) is 14.9 Å². The van der Waals surface area contributed by atoms with Crippen LogP contribution < -0.4 is 0 Å². The Morgan fingerprint density at radius 3 is 1.90 bits per heavy atom. The topological polar surface area (TPSA) is 29.2 Å². The van der Waals surface area contributed by atoms with Crippen LogP contribution in [0.4, 0.5) is 8.78 Å². The summed E-state index contributed by atoms with van der Waals surface area (Å²) in [6.07, 6.45) is 1.78. The molecule has 3 aromatic rings. The normalized spacial score (nSPS) is 15.7. The smallest absolute Gasteiger partial charge is 0.198 e. The minimum absolute atomic E-state index is 0.0465. The number of rotatable bonds is 6. The van der Waals surface area contributed by atoms with E-state index in [0.29, 0.717) is 6.67 Å². The van der Waals surface area contributed by atoms with E-state index in [1.807, 2.05) is 40.4 Å². The van der Waals surface area contributed by atoms with E-state index in [0.717, 1.165) is 48.6 Å². The van der Waals surface area contributed by atoms with Gasteiger partial charge in [0.1, 0.15) is 18.0 Å². The van der Waals surface area contributed by atoms with Crippen molar-refractivity contribution < 1.29 is 8.78 Å². The van der Waals surface area contributed by atoms with Gasteiger partial charge in [-0.15, -0.1) is 0 Å². The van der Waals surface area contributed by atoms with E-state index in [1.54, 1.807) is 6.33 Å². The fourth-order valence-electron chi connectivity index (χ4n) is 3.94. The van der Waals surface area contributed by atoms with E-state index in [9.17, 15) is 8.78 Å². The molecule has 0 N–H and O–H groups in total. The van der Waals surface area contributed by atoms with Crippen molar-refractivity contribution in [1.82, 2.24) is 24.1 Å². The lowest BCUT2D eigenvalue weighted by atomic mass is 9.96. The third-order valence-corrected chi connectivity index (χ3v) is 6.06. The minimum atomic E-state index is -0.260. The molecule has 0 aliphatic carbocycles. The Morgan fingerprint density at radius 2 is 1.43 bits per heavy atom. The van der Waals surface area contributed by atoms with E-state index >= 15 is 0 Å². The highest BCUT2D eigenvalue weighted by Crippen LogP contribution is 2.30. The maximum absolute atomic E-state index is 13.5. The highest BCUT2D eigenvalue weighted by Gasteiger charge is 2.27. The summed E-state index contributed by atoms with van der Waals surface area (Å²) >= 11 is 5.47. The van der Waals surface area contributed by atoms with E-state index in [-0.39, 0.29) is 17.7 Å². The number of halogens is 2. The number of benzene rings is 2. The van der Waals surface area contributed by atoms with Gasteiger partial charge >= 0.3 is 0 Å². The van der Waals surface area contributed by atoms with Crippen LogP contribution in [-0.4, -0.2) is 50.3 Å². The third-order valence-electron chi connectivity index (χ3n) is 5.62. The van der Waals surface area contributed by atoms with Gasteiger partial charge in [-0.05, 0) is 54.5 Å². The summed E-state index contributed by atoms with van der Waals surface area (Å²) in [7, 11) is 0. The number of aryl methyl sites for hydroxylation is 1. The second-order valence-electron chi connectivity index (χ2n) is 7.50. The van der Waals surface area contributed by atoms with Gasteiger partial charge in [0.25, 0.3) is 0 Å². The van der Waals surface area contributed by atoms with Crippen molar-refractivity contribution in [2.75, 3.05) is 26.2 Å². The maximum Gasteiger partial charge on any atom is 0.198 e. The highest BCUT2D eigenvalue weighted by atomic mass is 32.1. The lowest BCUT2D eigenvalue weighted by Gasteiger charge is -2.39. The lowest BCUT2D eigenvalue weighted by Crippen LogP contribution is -2.48. The standard InChI is InChI=1S/C22H25F2N5S/c1-2-27-15-25-29(22(27)30)16-26-11-13-28(14-12-26)21(17-3-7-19(23)8-4-17)18-5-9-20(24)10-6-18/h3-10,15,21H,2,11-14,16H2,1H3. The summed E-state index contributed by atoms with van der Waals surface area (Å²) in [6.45, 7) is 6.91. The van der Waals surface area contributed by atoms with Gasteiger partial charge in [0, 0.05) is 32.7 Å². The van der Waals surface area contributed by atoms with Gasteiger partial charge < -0.3 is 4.57 Å². The summed E-state index contributed by atoms with van der Waals surface area (Å²) in [5, 5.41) is 4.40. The van der Waals surface area contributed by atoms with Crippen molar-refractivity contribution in [3.05, 3.63) is 82.4 Å². The van der Waals surface area contributed by atoms with Gasteiger partial charge in [-0.25, -0.2) is 13.5 Å². The number of hydrogen-bond acceptors (Lipinski definition) is 4. The van der Waals surface area contributed by atoms with Crippen LogP contribution in [0, 0.1) is 16.4 Å². The van der Waals surface area contributed by atoms with Crippen molar-refractivity contribution >= 4 is 12.2 Å². The molecule has 1 aliphatic heterocycles. The summed E-state index contributed by atoms with van der Waals surface area (Å²) in [4.78, 5) is 4.69. The quantitative estimate of drug-likeness (QED) is 0.553. The number of piperazine rings is 1. The molecule has 0 amide bonds. The Hall–Kier alpha value is -2.42. The molecule has 158 valence electrons. The second kappa shape index (κ2) is 9.16. The van der Waals surface area contributed by atoms with Gasteiger partial charge in [-0.3, -0.25) is 9.80 Å². The zero-order valence-electron chi connectivity index (χ0n) is 16.9. The van der Waals surface area contributed by atoms with Crippen LogP contribution in [0.15, 0.2) is 54.9 Å². The number of hydrogen-bond donors (Lipinski definition) is 0. The Kier molecular flexibility index (Phi) is 6.36. The molecule has 0 saturated carbocycles. The van der Waals surface area contributed by atoms with Gasteiger partial charge in [-0.1, -0.05) is 24.3 Å². The van der Waals surface area contributed by atoms with E-state index in [1.165, 1.54) is 24.3 Å². The van der Waals surface area contributed by atoms with Gasteiger partial charge in [0.05, 0.1) is 12.7 Å². The first-order chi connectivity index (χ1) is 14.5. The monoisotopic (exact) mass is 429 g/mol. The van der Waals surface area contributed by atoms with Gasteiger partial charge in [0.2, 0.25) is 0 Å². The summed E-state index contributed by atoms with van der Waals surface area (Å²) in [5.74, 6) is -0.519. The molecule has 1 aliphatic rings. The molecule has 0 unspecified atom stereocenters. The Balaban J connectivity index is 1.50. The van der Waals surface area contributed by atoms with Crippen molar-refractivity contribution in [2.45, 2.75) is 26.2 Å². The number of aromatic nitrogens is 3. The fourth-order valence-corrected chi connectivity index (χ4v) is 4.22. The van der Waals surface area contributed by atoms with Crippen LogP contribution >= 0.6 is 12.2 Å². The van der Waals surface area contributed by atoms with Crippen LogP contribution in [0.2, 0.25) is 0 Å². The molecular formula is C22H25F2N5S. The largest absolute Gasteiger partial charge is 0.307 e. The molecule has 0 atom stereocenters. The lowest BCUT2D eigenvalue weighted by molar-refractivity contribution is 0.0843. The summed E-state index contributed by atoms with van der Waals surface area (Å²) < 4.78 is 31.5. The summed E-state index contributed by atoms with van der Waals surface area (Å²) in [5.41, 5.74) is 2.00. The first-order valence-electron chi connectivity index (χ1n) is 10.1. The average molecular weight is 430 g/mol. The van der Waals surface area contributed by atoms with Crippen LogP contribution in [0.1, 0.15) is 24.1 Å². The summed E-state index contributed by atoms with van der Waals surface area (Å²) in [6, 6.07) is 13.1. The molecule has 8 heteroatoms. The van der Waals surface area contributed by atoms with Crippen LogP contribution in [0.25, 0.3) is 0 Å². The third kappa shape index (κ3) is 4.50. The second-order valence-corrected chi connectivity index (χ2v) is 7.87. The Bertz CT molecular complexity index is 975. The van der Waals surface area contributed by atoms with Crippen LogP contribution in [0.3, 0.4) is 0 Å². The van der Waals surface area contributed by atoms with E-state index < -0.39 is 0 Å². The van der Waals surface area contributed by atoms with Crippen molar-refractivity contribution in [1.29, 1.82) is 0 Å². The predicted molar refractivity (Wildman–Crippen MR) is 115 cm³/mol. The van der Waals surface area contributed by atoms with Crippen molar-refractivity contribution in [3.63, 3.8) is 0 Å². The first kappa shape index (κ1) is 20.8. The molecule has 4 rings (SSSR count). The zero-order chi connectivity index (χ0) is 21.1. The molecule has 1 fully saturated rings. The zero-order valence-corrected chi connectivity index (χ0v) is 17.7. The maximum atomic E-state index is 13.5. The molecule has 0 bridgehead atoms. The molecule has 1 aromatic heterocycles.